The Hall–Kier alpha value is -2.24. The van der Waals surface area contributed by atoms with Gasteiger partial charge in [0.2, 0.25) is 0 Å². The second-order valence-corrected chi connectivity index (χ2v) is 7.76. The summed E-state index contributed by atoms with van der Waals surface area (Å²) in [4.78, 5) is 19.4. The van der Waals surface area contributed by atoms with Crippen molar-refractivity contribution in [3.8, 4) is 0 Å². The van der Waals surface area contributed by atoms with Crippen LogP contribution in [0.15, 0.2) is 42.5 Å². The van der Waals surface area contributed by atoms with E-state index in [1.54, 1.807) is 6.07 Å². The van der Waals surface area contributed by atoms with Crippen LogP contribution < -0.4 is 5.32 Å². The molecule has 7 heteroatoms. The van der Waals surface area contributed by atoms with E-state index in [0.29, 0.717) is 16.6 Å². The van der Waals surface area contributed by atoms with E-state index in [2.05, 4.69) is 27.9 Å². The molecular weight excluding hydrogens is 395 g/mol. The van der Waals surface area contributed by atoms with Crippen molar-refractivity contribution >= 4 is 40.3 Å². The minimum atomic E-state index is -0.0803. The van der Waals surface area contributed by atoms with Crippen molar-refractivity contribution in [2.75, 3.05) is 6.54 Å². The summed E-state index contributed by atoms with van der Waals surface area (Å²) in [7, 11) is 0. The number of imidazole rings is 1. The molecule has 1 aromatic heterocycles. The number of fused-ring (bicyclic) bond motifs is 1. The van der Waals surface area contributed by atoms with Crippen LogP contribution in [0.5, 0.6) is 0 Å². The maximum atomic E-state index is 12.9. The first-order valence-electron chi connectivity index (χ1n) is 9.52. The summed E-state index contributed by atoms with van der Waals surface area (Å²) >= 11 is 12.2. The lowest BCUT2D eigenvalue weighted by Gasteiger charge is -2.25. The second-order valence-electron chi connectivity index (χ2n) is 6.94. The zero-order valence-corrected chi connectivity index (χ0v) is 17.2. The fraction of sp³-hybridized carbons (Fsp3) is 0.333. The third kappa shape index (κ3) is 3.56. The first kappa shape index (κ1) is 19.1. The van der Waals surface area contributed by atoms with Crippen LogP contribution >= 0.6 is 23.2 Å². The van der Waals surface area contributed by atoms with E-state index in [0.717, 1.165) is 48.4 Å². The van der Waals surface area contributed by atoms with Crippen molar-refractivity contribution in [3.05, 3.63) is 63.9 Å². The average molecular weight is 417 g/mol. The van der Waals surface area contributed by atoms with Gasteiger partial charge in [-0.25, -0.2) is 9.78 Å². The molecule has 1 unspecified atom stereocenters. The van der Waals surface area contributed by atoms with Gasteiger partial charge in [-0.15, -0.1) is 0 Å². The fourth-order valence-corrected chi connectivity index (χ4v) is 4.25. The number of benzene rings is 2. The number of rotatable bonds is 4. The predicted octanol–water partition coefficient (Wildman–Crippen LogP) is 5.41. The number of carbonyl (C=O) groups is 1. The topological polar surface area (TPSA) is 50.2 Å². The third-order valence-corrected chi connectivity index (χ3v) is 6.03. The van der Waals surface area contributed by atoms with Gasteiger partial charge in [0, 0.05) is 13.1 Å². The Morgan fingerprint density at radius 3 is 2.82 bits per heavy atom. The fourth-order valence-electron chi connectivity index (χ4n) is 3.95. The van der Waals surface area contributed by atoms with E-state index < -0.39 is 0 Å². The number of para-hydroxylation sites is 2. The molecule has 28 heavy (non-hydrogen) atoms. The largest absolute Gasteiger partial charge is 0.331 e. The molecule has 2 heterocycles. The van der Waals surface area contributed by atoms with Crippen LogP contribution in [0, 0.1) is 0 Å². The van der Waals surface area contributed by atoms with Gasteiger partial charge in [-0.3, -0.25) is 0 Å². The molecular formula is C21H22Cl2N4O. The van der Waals surface area contributed by atoms with Gasteiger partial charge in [0.05, 0.1) is 33.7 Å². The van der Waals surface area contributed by atoms with Gasteiger partial charge in [0.25, 0.3) is 0 Å². The van der Waals surface area contributed by atoms with Crippen LogP contribution in [-0.4, -0.2) is 27.0 Å². The molecule has 2 aromatic carbocycles. The molecule has 1 atom stereocenters. The number of urea groups is 1. The molecule has 0 radical (unpaired) electrons. The number of aryl methyl sites for hydroxylation is 1. The molecule has 1 aliphatic rings. The monoisotopic (exact) mass is 416 g/mol. The Morgan fingerprint density at radius 1 is 1.21 bits per heavy atom. The number of hydrogen-bond donors (Lipinski definition) is 1. The van der Waals surface area contributed by atoms with E-state index in [1.807, 2.05) is 35.2 Å². The van der Waals surface area contributed by atoms with Crippen LogP contribution in [0.4, 0.5) is 4.79 Å². The van der Waals surface area contributed by atoms with Gasteiger partial charge < -0.3 is 14.8 Å². The van der Waals surface area contributed by atoms with Gasteiger partial charge in [-0.2, -0.15) is 0 Å². The normalized spacial score (nSPS) is 16.7. The molecule has 1 N–H and O–H groups in total. The van der Waals surface area contributed by atoms with Crippen LogP contribution in [0.3, 0.4) is 0 Å². The first-order valence-corrected chi connectivity index (χ1v) is 10.3. The highest BCUT2D eigenvalue weighted by Gasteiger charge is 2.30. The van der Waals surface area contributed by atoms with Crippen molar-refractivity contribution < 1.29 is 4.79 Å². The quantitative estimate of drug-likeness (QED) is 0.617. The third-order valence-electron chi connectivity index (χ3n) is 5.29. The van der Waals surface area contributed by atoms with Crippen molar-refractivity contribution in [1.82, 2.24) is 19.8 Å². The summed E-state index contributed by atoms with van der Waals surface area (Å²) in [6, 6.07) is 13.6. The molecule has 1 aliphatic heterocycles. The molecule has 0 bridgehead atoms. The Balaban J connectivity index is 1.49. The smallest absolute Gasteiger partial charge is 0.318 e. The Labute approximate surface area is 174 Å². The summed E-state index contributed by atoms with van der Waals surface area (Å²) in [5.41, 5.74) is 3.05. The van der Waals surface area contributed by atoms with Gasteiger partial charge in [-0.05, 0) is 49.6 Å². The van der Waals surface area contributed by atoms with E-state index in [9.17, 15) is 4.79 Å². The highest BCUT2D eigenvalue weighted by Crippen LogP contribution is 2.35. The van der Waals surface area contributed by atoms with Crippen molar-refractivity contribution in [2.24, 2.45) is 0 Å². The maximum Gasteiger partial charge on any atom is 0.318 e. The lowest BCUT2D eigenvalue weighted by atomic mass is 10.0. The molecule has 1 saturated heterocycles. The first-order chi connectivity index (χ1) is 13.6. The lowest BCUT2D eigenvalue weighted by molar-refractivity contribution is 0.192. The Bertz CT molecular complexity index is 1020. The molecule has 146 valence electrons. The number of carbonyl (C=O) groups excluding carboxylic acids is 1. The number of aromatic nitrogens is 2. The maximum absolute atomic E-state index is 12.9. The molecule has 4 rings (SSSR count). The molecule has 1 fully saturated rings. The van der Waals surface area contributed by atoms with Crippen LogP contribution in [0.25, 0.3) is 11.0 Å². The highest BCUT2D eigenvalue weighted by atomic mass is 35.5. The van der Waals surface area contributed by atoms with Crippen molar-refractivity contribution in [1.29, 1.82) is 0 Å². The standard InChI is InChI=1S/C21H22Cl2N4O/c1-2-26-19-7-4-3-6-17(19)25-20(26)13-24-21(28)27-11-5-8-18(27)14-9-10-15(22)16(23)12-14/h3-4,6-7,9-10,12,18H,2,5,8,11,13H2,1H3,(H,24,28). The van der Waals surface area contributed by atoms with Gasteiger partial charge in [0.1, 0.15) is 5.82 Å². The Morgan fingerprint density at radius 2 is 2.04 bits per heavy atom. The highest BCUT2D eigenvalue weighted by molar-refractivity contribution is 6.42. The molecule has 3 aromatic rings. The van der Waals surface area contributed by atoms with Crippen LogP contribution in [-0.2, 0) is 13.1 Å². The molecule has 0 aliphatic carbocycles. The summed E-state index contributed by atoms with van der Waals surface area (Å²) in [5, 5.41) is 4.09. The summed E-state index contributed by atoms with van der Waals surface area (Å²) in [6.45, 7) is 4.01. The summed E-state index contributed by atoms with van der Waals surface area (Å²) in [5.74, 6) is 0.863. The second kappa shape index (κ2) is 8.02. The lowest BCUT2D eigenvalue weighted by Crippen LogP contribution is -2.39. The summed E-state index contributed by atoms with van der Waals surface area (Å²) in [6.07, 6.45) is 1.88. The number of nitrogens with one attached hydrogen (secondary N) is 1. The number of likely N-dealkylation sites (tertiary alicyclic amines) is 1. The number of nitrogens with zero attached hydrogens (tertiary/aromatic N) is 3. The summed E-state index contributed by atoms with van der Waals surface area (Å²) < 4.78 is 2.13. The van der Waals surface area contributed by atoms with E-state index >= 15 is 0 Å². The van der Waals surface area contributed by atoms with Gasteiger partial charge >= 0.3 is 6.03 Å². The zero-order valence-electron chi connectivity index (χ0n) is 15.7. The van der Waals surface area contributed by atoms with Gasteiger partial charge in [-0.1, -0.05) is 41.4 Å². The molecule has 0 saturated carbocycles. The van der Waals surface area contributed by atoms with E-state index in [4.69, 9.17) is 23.2 Å². The number of hydrogen-bond acceptors (Lipinski definition) is 2. The molecule has 2 amide bonds. The Kier molecular flexibility index (Phi) is 5.47. The van der Waals surface area contributed by atoms with Crippen molar-refractivity contribution in [3.63, 3.8) is 0 Å². The van der Waals surface area contributed by atoms with Crippen LogP contribution in [0.2, 0.25) is 10.0 Å². The molecule has 0 spiro atoms. The van der Waals surface area contributed by atoms with Gasteiger partial charge in [0.15, 0.2) is 0 Å². The van der Waals surface area contributed by atoms with E-state index in [-0.39, 0.29) is 12.1 Å². The minimum Gasteiger partial charge on any atom is -0.331 e. The predicted molar refractivity (Wildman–Crippen MR) is 113 cm³/mol. The SMILES string of the molecule is CCn1c(CNC(=O)N2CCCC2c2ccc(Cl)c(Cl)c2)nc2ccccc21. The number of halogens is 2. The average Bonchev–Trinajstić information content (AvgIpc) is 3.32. The van der Waals surface area contributed by atoms with Crippen molar-refractivity contribution in [2.45, 2.75) is 38.9 Å². The zero-order chi connectivity index (χ0) is 19.7. The number of amides is 2. The minimum absolute atomic E-state index is 0.0137. The molecule has 5 nitrogen and oxygen atoms in total. The van der Waals surface area contributed by atoms with E-state index in [1.165, 1.54) is 0 Å². The van der Waals surface area contributed by atoms with Crippen LogP contribution in [0.1, 0.15) is 37.2 Å².